The van der Waals surface area contributed by atoms with E-state index in [2.05, 4.69) is 21.8 Å². The standard InChI is InChI=1S/C13H23N3O/c1-2-16-9-8-15-13(16)11-17-10-6-12-5-3-4-7-14-12/h8-9,12,14H,2-7,10-11H2,1H3. The van der Waals surface area contributed by atoms with E-state index in [1.165, 1.54) is 25.8 Å². The molecule has 0 bridgehead atoms. The molecule has 2 heterocycles. The maximum Gasteiger partial charge on any atom is 0.134 e. The Kier molecular flexibility index (Phi) is 5.01. The largest absolute Gasteiger partial charge is 0.373 e. The Bertz CT molecular complexity index is 318. The van der Waals surface area contributed by atoms with Gasteiger partial charge in [-0.3, -0.25) is 0 Å². The summed E-state index contributed by atoms with van der Waals surface area (Å²) in [6, 6.07) is 0.662. The second-order valence-electron chi connectivity index (χ2n) is 4.62. The molecule has 1 aliphatic rings. The molecule has 1 aromatic rings. The number of imidazole rings is 1. The Morgan fingerprint density at radius 1 is 1.53 bits per heavy atom. The Morgan fingerprint density at radius 2 is 2.47 bits per heavy atom. The van der Waals surface area contributed by atoms with Crippen molar-refractivity contribution in [3.8, 4) is 0 Å². The lowest BCUT2D eigenvalue weighted by atomic mass is 10.0. The molecule has 2 rings (SSSR count). The van der Waals surface area contributed by atoms with E-state index < -0.39 is 0 Å². The average Bonchev–Trinajstić information content (AvgIpc) is 2.83. The maximum atomic E-state index is 5.70. The summed E-state index contributed by atoms with van der Waals surface area (Å²) in [6.07, 6.45) is 8.94. The third-order valence-electron chi connectivity index (χ3n) is 3.40. The lowest BCUT2D eigenvalue weighted by molar-refractivity contribution is 0.101. The normalized spacial score (nSPS) is 20.6. The van der Waals surface area contributed by atoms with Crippen LogP contribution in [0.1, 0.15) is 38.4 Å². The molecule has 0 saturated carbocycles. The van der Waals surface area contributed by atoms with E-state index in [0.29, 0.717) is 12.6 Å². The van der Waals surface area contributed by atoms with E-state index in [4.69, 9.17) is 4.74 Å². The topological polar surface area (TPSA) is 39.1 Å². The van der Waals surface area contributed by atoms with Crippen molar-refractivity contribution in [3.05, 3.63) is 18.2 Å². The molecular weight excluding hydrogens is 214 g/mol. The van der Waals surface area contributed by atoms with Gasteiger partial charge in [-0.05, 0) is 32.7 Å². The summed E-state index contributed by atoms with van der Waals surface area (Å²) in [5, 5.41) is 3.53. The highest BCUT2D eigenvalue weighted by Crippen LogP contribution is 2.10. The molecular formula is C13H23N3O. The second-order valence-corrected chi connectivity index (χ2v) is 4.62. The lowest BCUT2D eigenvalue weighted by Gasteiger charge is -2.23. The molecule has 0 aliphatic carbocycles. The Labute approximate surface area is 103 Å². The first-order chi connectivity index (χ1) is 8.40. The number of hydrogen-bond donors (Lipinski definition) is 1. The van der Waals surface area contributed by atoms with Crippen LogP contribution in [-0.4, -0.2) is 28.7 Å². The summed E-state index contributed by atoms with van der Waals surface area (Å²) in [4.78, 5) is 4.29. The molecule has 1 fully saturated rings. The first-order valence-corrected chi connectivity index (χ1v) is 6.71. The highest BCUT2D eigenvalue weighted by atomic mass is 16.5. The van der Waals surface area contributed by atoms with Gasteiger partial charge in [0.25, 0.3) is 0 Å². The number of nitrogens with one attached hydrogen (secondary N) is 1. The van der Waals surface area contributed by atoms with Gasteiger partial charge in [0.15, 0.2) is 0 Å². The SMILES string of the molecule is CCn1ccnc1COCCC1CCCCN1. The highest BCUT2D eigenvalue weighted by molar-refractivity contribution is 4.89. The molecule has 0 radical (unpaired) electrons. The summed E-state index contributed by atoms with van der Waals surface area (Å²) in [7, 11) is 0. The van der Waals surface area contributed by atoms with Crippen LogP contribution in [0, 0.1) is 0 Å². The number of aryl methyl sites for hydroxylation is 1. The predicted molar refractivity (Wildman–Crippen MR) is 67.8 cm³/mol. The molecule has 0 amide bonds. The van der Waals surface area contributed by atoms with Gasteiger partial charge in [-0.2, -0.15) is 0 Å². The van der Waals surface area contributed by atoms with E-state index in [-0.39, 0.29) is 0 Å². The molecule has 96 valence electrons. The number of ether oxygens (including phenoxy) is 1. The summed E-state index contributed by atoms with van der Waals surface area (Å²) < 4.78 is 7.82. The van der Waals surface area contributed by atoms with E-state index >= 15 is 0 Å². The Hall–Kier alpha value is -0.870. The van der Waals surface area contributed by atoms with Crippen LogP contribution in [0.4, 0.5) is 0 Å². The van der Waals surface area contributed by atoms with Crippen LogP contribution >= 0.6 is 0 Å². The number of nitrogens with zero attached hydrogens (tertiary/aromatic N) is 2. The number of aromatic nitrogens is 2. The van der Waals surface area contributed by atoms with Crippen molar-refractivity contribution in [2.24, 2.45) is 0 Å². The molecule has 17 heavy (non-hydrogen) atoms. The fraction of sp³-hybridized carbons (Fsp3) is 0.769. The zero-order chi connectivity index (χ0) is 11.9. The van der Waals surface area contributed by atoms with Crippen LogP contribution in [0.2, 0.25) is 0 Å². The Morgan fingerprint density at radius 3 is 3.24 bits per heavy atom. The van der Waals surface area contributed by atoms with Gasteiger partial charge in [0.2, 0.25) is 0 Å². The van der Waals surface area contributed by atoms with Gasteiger partial charge in [-0.15, -0.1) is 0 Å². The van der Waals surface area contributed by atoms with Gasteiger partial charge < -0.3 is 14.6 Å². The molecule has 1 N–H and O–H groups in total. The van der Waals surface area contributed by atoms with Crippen molar-refractivity contribution in [1.29, 1.82) is 0 Å². The first-order valence-electron chi connectivity index (χ1n) is 6.71. The van der Waals surface area contributed by atoms with E-state index in [0.717, 1.165) is 25.4 Å². The molecule has 1 saturated heterocycles. The molecule has 0 spiro atoms. The maximum absolute atomic E-state index is 5.70. The average molecular weight is 237 g/mol. The third kappa shape index (κ3) is 3.82. The minimum Gasteiger partial charge on any atom is -0.373 e. The second kappa shape index (κ2) is 6.77. The summed E-state index contributed by atoms with van der Waals surface area (Å²) in [5.74, 6) is 1.03. The van der Waals surface area contributed by atoms with Gasteiger partial charge in [0.1, 0.15) is 12.4 Å². The predicted octanol–water partition coefficient (Wildman–Crippen LogP) is 1.95. The van der Waals surface area contributed by atoms with Crippen LogP contribution in [0.15, 0.2) is 12.4 Å². The summed E-state index contributed by atoms with van der Waals surface area (Å²) in [6.45, 7) is 5.71. The van der Waals surface area contributed by atoms with Crippen LogP contribution < -0.4 is 5.32 Å². The molecule has 1 atom stereocenters. The molecule has 1 aliphatic heterocycles. The van der Waals surface area contributed by atoms with Gasteiger partial charge in [0, 0.05) is 31.6 Å². The highest BCUT2D eigenvalue weighted by Gasteiger charge is 2.11. The van der Waals surface area contributed by atoms with Gasteiger partial charge >= 0.3 is 0 Å². The molecule has 1 unspecified atom stereocenters. The number of hydrogen-bond acceptors (Lipinski definition) is 3. The van der Waals surface area contributed by atoms with Crippen molar-refractivity contribution in [3.63, 3.8) is 0 Å². The van der Waals surface area contributed by atoms with E-state index in [9.17, 15) is 0 Å². The van der Waals surface area contributed by atoms with E-state index in [1.807, 2.05) is 12.4 Å². The van der Waals surface area contributed by atoms with Crippen molar-refractivity contribution < 1.29 is 4.74 Å². The van der Waals surface area contributed by atoms with Crippen LogP contribution in [0.3, 0.4) is 0 Å². The third-order valence-corrected chi connectivity index (χ3v) is 3.40. The number of rotatable bonds is 6. The lowest BCUT2D eigenvalue weighted by Crippen LogP contribution is -2.34. The zero-order valence-electron chi connectivity index (χ0n) is 10.7. The van der Waals surface area contributed by atoms with Crippen molar-refractivity contribution >= 4 is 0 Å². The molecule has 0 aromatic carbocycles. The van der Waals surface area contributed by atoms with Gasteiger partial charge in [-0.1, -0.05) is 6.42 Å². The fourth-order valence-corrected chi connectivity index (χ4v) is 2.33. The van der Waals surface area contributed by atoms with Gasteiger partial charge in [-0.25, -0.2) is 4.98 Å². The van der Waals surface area contributed by atoms with Crippen molar-refractivity contribution in [2.45, 2.75) is 51.8 Å². The molecule has 4 nitrogen and oxygen atoms in total. The van der Waals surface area contributed by atoms with Crippen LogP contribution in [0.25, 0.3) is 0 Å². The van der Waals surface area contributed by atoms with Crippen LogP contribution in [-0.2, 0) is 17.9 Å². The van der Waals surface area contributed by atoms with Crippen molar-refractivity contribution in [2.75, 3.05) is 13.2 Å². The fourth-order valence-electron chi connectivity index (χ4n) is 2.33. The molecule has 4 heteroatoms. The minimum atomic E-state index is 0.633. The number of piperidine rings is 1. The first kappa shape index (κ1) is 12.6. The molecule has 1 aromatic heterocycles. The quantitative estimate of drug-likeness (QED) is 0.769. The van der Waals surface area contributed by atoms with Gasteiger partial charge in [0.05, 0.1) is 0 Å². The summed E-state index contributed by atoms with van der Waals surface area (Å²) in [5.41, 5.74) is 0. The van der Waals surface area contributed by atoms with Crippen molar-refractivity contribution in [1.82, 2.24) is 14.9 Å². The zero-order valence-corrected chi connectivity index (χ0v) is 10.7. The monoisotopic (exact) mass is 237 g/mol. The smallest absolute Gasteiger partial charge is 0.134 e. The summed E-state index contributed by atoms with van der Waals surface area (Å²) >= 11 is 0. The Balaban J connectivity index is 1.62. The van der Waals surface area contributed by atoms with E-state index in [1.54, 1.807) is 0 Å². The van der Waals surface area contributed by atoms with Crippen LogP contribution in [0.5, 0.6) is 0 Å². The minimum absolute atomic E-state index is 0.633.